The number of thioether (sulfide) groups is 1. The summed E-state index contributed by atoms with van der Waals surface area (Å²) in [5.41, 5.74) is 3.46. The number of hydrogen-bond donors (Lipinski definition) is 1. The summed E-state index contributed by atoms with van der Waals surface area (Å²) in [4.78, 5) is 13.7. The van der Waals surface area contributed by atoms with Crippen molar-refractivity contribution in [2.75, 3.05) is 5.75 Å². The Hall–Kier alpha value is -2.12. The lowest BCUT2D eigenvalue weighted by Crippen LogP contribution is -2.28. The smallest absolute Gasteiger partial charge is 0.230 e. The molecule has 7 heteroatoms. The van der Waals surface area contributed by atoms with Gasteiger partial charge in [-0.2, -0.15) is 0 Å². The molecule has 148 valence electrons. The highest BCUT2D eigenvalue weighted by Crippen LogP contribution is 2.33. The van der Waals surface area contributed by atoms with Crippen LogP contribution in [0.3, 0.4) is 0 Å². The van der Waals surface area contributed by atoms with E-state index in [1.165, 1.54) is 22.2 Å². The SMILES string of the molecule is Cc1scc(-c2nnc(SCC(=O)NC(C)c3ccccc3)n2C(C)C)c1C. The molecule has 2 aromatic heterocycles. The summed E-state index contributed by atoms with van der Waals surface area (Å²) < 4.78 is 2.12. The quantitative estimate of drug-likeness (QED) is 0.542. The van der Waals surface area contributed by atoms with Crippen LogP contribution in [0.5, 0.6) is 0 Å². The van der Waals surface area contributed by atoms with Crippen LogP contribution in [-0.4, -0.2) is 26.4 Å². The lowest BCUT2D eigenvalue weighted by molar-refractivity contribution is -0.119. The molecular weight excluding hydrogens is 388 g/mol. The van der Waals surface area contributed by atoms with Gasteiger partial charge in [0.2, 0.25) is 5.91 Å². The maximum atomic E-state index is 12.4. The summed E-state index contributed by atoms with van der Waals surface area (Å²) in [5, 5.41) is 14.8. The van der Waals surface area contributed by atoms with Crippen molar-refractivity contribution in [2.24, 2.45) is 0 Å². The molecule has 2 heterocycles. The first-order valence-electron chi connectivity index (χ1n) is 9.35. The molecule has 0 aliphatic rings. The number of thiophene rings is 1. The zero-order valence-electron chi connectivity index (χ0n) is 16.9. The van der Waals surface area contributed by atoms with E-state index in [1.807, 2.05) is 37.3 Å². The van der Waals surface area contributed by atoms with Crippen LogP contribution in [-0.2, 0) is 4.79 Å². The number of aromatic nitrogens is 3. The molecule has 0 saturated carbocycles. The third-order valence-electron chi connectivity index (χ3n) is 4.72. The number of amides is 1. The fraction of sp³-hybridized carbons (Fsp3) is 0.381. The summed E-state index contributed by atoms with van der Waals surface area (Å²) in [6, 6.07) is 10.2. The van der Waals surface area contributed by atoms with E-state index in [0.29, 0.717) is 5.75 Å². The second-order valence-electron chi connectivity index (χ2n) is 7.09. The zero-order valence-corrected chi connectivity index (χ0v) is 18.5. The van der Waals surface area contributed by atoms with Crippen LogP contribution < -0.4 is 5.32 Å². The number of hydrogen-bond acceptors (Lipinski definition) is 5. The van der Waals surface area contributed by atoms with Crippen LogP contribution in [0.15, 0.2) is 40.9 Å². The van der Waals surface area contributed by atoms with E-state index in [2.05, 4.69) is 53.2 Å². The van der Waals surface area contributed by atoms with Crippen molar-refractivity contribution in [2.45, 2.75) is 51.9 Å². The van der Waals surface area contributed by atoms with E-state index in [1.54, 1.807) is 11.3 Å². The van der Waals surface area contributed by atoms with Gasteiger partial charge in [0.1, 0.15) is 0 Å². The Labute approximate surface area is 174 Å². The van der Waals surface area contributed by atoms with Crippen LogP contribution in [0.4, 0.5) is 0 Å². The van der Waals surface area contributed by atoms with Gasteiger partial charge in [-0.25, -0.2) is 0 Å². The van der Waals surface area contributed by atoms with Gasteiger partial charge in [0.05, 0.1) is 11.8 Å². The van der Waals surface area contributed by atoms with Crippen molar-refractivity contribution in [3.8, 4) is 11.4 Å². The van der Waals surface area contributed by atoms with Gasteiger partial charge in [-0.15, -0.1) is 21.5 Å². The lowest BCUT2D eigenvalue weighted by atomic mass is 10.1. The molecular formula is C21H26N4OS2. The predicted octanol–water partition coefficient (Wildman–Crippen LogP) is 5.17. The van der Waals surface area contributed by atoms with Gasteiger partial charge in [-0.3, -0.25) is 9.36 Å². The summed E-state index contributed by atoms with van der Waals surface area (Å²) >= 11 is 3.16. The van der Waals surface area contributed by atoms with Crippen LogP contribution in [0.1, 0.15) is 48.9 Å². The maximum Gasteiger partial charge on any atom is 0.230 e. The van der Waals surface area contributed by atoms with Gasteiger partial charge < -0.3 is 5.32 Å². The van der Waals surface area contributed by atoms with Gasteiger partial charge in [0.15, 0.2) is 11.0 Å². The van der Waals surface area contributed by atoms with Gasteiger partial charge in [0.25, 0.3) is 0 Å². The molecule has 0 fully saturated rings. The summed E-state index contributed by atoms with van der Waals surface area (Å²) in [6.45, 7) is 10.5. The standard InChI is InChI=1S/C21H26N4OS2/c1-13(2)25-20(18-11-27-16(5)14(18)3)23-24-21(25)28-12-19(26)22-15(4)17-9-7-6-8-10-17/h6-11,13,15H,12H2,1-5H3,(H,22,26). The van der Waals surface area contributed by atoms with Crippen molar-refractivity contribution >= 4 is 29.0 Å². The number of nitrogens with one attached hydrogen (secondary N) is 1. The first kappa shape index (κ1) is 20.6. The molecule has 1 aromatic carbocycles. The molecule has 0 aliphatic heterocycles. The average molecular weight is 415 g/mol. The largest absolute Gasteiger partial charge is 0.349 e. The molecule has 0 bridgehead atoms. The Kier molecular flexibility index (Phi) is 6.57. The van der Waals surface area contributed by atoms with E-state index in [9.17, 15) is 4.79 Å². The Balaban J connectivity index is 1.71. The number of benzene rings is 1. The summed E-state index contributed by atoms with van der Waals surface area (Å²) in [7, 11) is 0. The Morgan fingerprint density at radius 3 is 2.50 bits per heavy atom. The van der Waals surface area contributed by atoms with Crippen molar-refractivity contribution in [3.05, 3.63) is 51.7 Å². The Bertz CT molecular complexity index is 947. The predicted molar refractivity (Wildman–Crippen MR) is 117 cm³/mol. The zero-order chi connectivity index (χ0) is 20.3. The average Bonchev–Trinajstić information content (AvgIpc) is 3.24. The lowest BCUT2D eigenvalue weighted by Gasteiger charge is -2.15. The van der Waals surface area contributed by atoms with Crippen molar-refractivity contribution < 1.29 is 4.79 Å². The summed E-state index contributed by atoms with van der Waals surface area (Å²) in [5.74, 6) is 1.17. The monoisotopic (exact) mass is 414 g/mol. The second kappa shape index (κ2) is 8.92. The van der Waals surface area contributed by atoms with E-state index >= 15 is 0 Å². The minimum absolute atomic E-state index is 0.0104. The first-order chi connectivity index (χ1) is 13.4. The number of nitrogens with zero attached hydrogens (tertiary/aromatic N) is 3. The highest BCUT2D eigenvalue weighted by molar-refractivity contribution is 7.99. The molecule has 28 heavy (non-hydrogen) atoms. The van der Waals surface area contributed by atoms with Crippen LogP contribution in [0.2, 0.25) is 0 Å². The highest BCUT2D eigenvalue weighted by atomic mass is 32.2. The topological polar surface area (TPSA) is 59.8 Å². The number of rotatable bonds is 7. The van der Waals surface area contributed by atoms with Crippen LogP contribution in [0, 0.1) is 13.8 Å². The molecule has 3 rings (SSSR count). The number of carbonyl (C=O) groups excluding carboxylic acids is 1. The fourth-order valence-corrected chi connectivity index (χ4v) is 4.74. The second-order valence-corrected chi connectivity index (χ2v) is 9.12. The van der Waals surface area contributed by atoms with E-state index in [4.69, 9.17) is 0 Å². The maximum absolute atomic E-state index is 12.4. The Morgan fingerprint density at radius 1 is 1.18 bits per heavy atom. The molecule has 3 aromatic rings. The Morgan fingerprint density at radius 2 is 1.89 bits per heavy atom. The normalized spacial score (nSPS) is 12.4. The fourth-order valence-electron chi connectivity index (χ4n) is 3.00. The van der Waals surface area contributed by atoms with Gasteiger partial charge >= 0.3 is 0 Å². The molecule has 0 saturated heterocycles. The van der Waals surface area contributed by atoms with E-state index in [-0.39, 0.29) is 18.0 Å². The van der Waals surface area contributed by atoms with Crippen molar-refractivity contribution in [3.63, 3.8) is 0 Å². The molecule has 0 radical (unpaired) electrons. The van der Waals surface area contributed by atoms with E-state index in [0.717, 1.165) is 22.1 Å². The third kappa shape index (κ3) is 4.47. The van der Waals surface area contributed by atoms with Gasteiger partial charge in [0, 0.05) is 21.9 Å². The van der Waals surface area contributed by atoms with Crippen molar-refractivity contribution in [1.29, 1.82) is 0 Å². The van der Waals surface area contributed by atoms with Gasteiger partial charge in [-0.1, -0.05) is 42.1 Å². The summed E-state index contributed by atoms with van der Waals surface area (Å²) in [6.07, 6.45) is 0. The molecule has 1 unspecified atom stereocenters. The van der Waals surface area contributed by atoms with Crippen LogP contribution in [0.25, 0.3) is 11.4 Å². The van der Waals surface area contributed by atoms with Crippen molar-refractivity contribution in [1.82, 2.24) is 20.1 Å². The number of aryl methyl sites for hydroxylation is 1. The minimum Gasteiger partial charge on any atom is -0.349 e. The molecule has 1 atom stereocenters. The van der Waals surface area contributed by atoms with E-state index < -0.39 is 0 Å². The third-order valence-corrected chi connectivity index (χ3v) is 6.67. The highest BCUT2D eigenvalue weighted by Gasteiger charge is 2.20. The molecule has 0 aliphatic carbocycles. The minimum atomic E-state index is -0.0238. The molecule has 1 amide bonds. The van der Waals surface area contributed by atoms with Crippen LogP contribution >= 0.6 is 23.1 Å². The molecule has 5 nitrogen and oxygen atoms in total. The molecule has 1 N–H and O–H groups in total. The molecule has 0 spiro atoms. The van der Waals surface area contributed by atoms with Gasteiger partial charge in [-0.05, 0) is 45.7 Å². The number of carbonyl (C=O) groups is 1. The first-order valence-corrected chi connectivity index (χ1v) is 11.2.